The van der Waals surface area contributed by atoms with Gasteiger partial charge in [-0.3, -0.25) is 14.4 Å². The summed E-state index contributed by atoms with van der Waals surface area (Å²) in [6, 6.07) is 10.5. The zero-order valence-corrected chi connectivity index (χ0v) is 16.0. The number of esters is 1. The smallest absolute Gasteiger partial charge is 0.311 e. The lowest BCUT2D eigenvalue weighted by molar-refractivity contribution is -0.147. The number of hydrogen-bond donors (Lipinski definition) is 0. The van der Waals surface area contributed by atoms with E-state index < -0.39 is 30.1 Å². The molecular formula is C21H20FNO6. The van der Waals surface area contributed by atoms with Gasteiger partial charge in [0.25, 0.3) is 0 Å². The summed E-state index contributed by atoms with van der Waals surface area (Å²) in [4.78, 5) is 38.2. The number of nitrogens with zero attached hydrogens (tertiary/aromatic N) is 1. The van der Waals surface area contributed by atoms with Crippen molar-refractivity contribution in [2.24, 2.45) is 5.92 Å². The molecule has 1 aliphatic rings. The van der Waals surface area contributed by atoms with E-state index in [1.54, 1.807) is 18.2 Å². The number of ketones is 1. The molecule has 0 unspecified atom stereocenters. The maximum atomic E-state index is 13.9. The standard InChI is InChI=1S/C21H20FNO6/c1-27-14-7-8-15(19(10-14)28-2)18(24)12-29-21(26)13-9-20(25)23(11-13)17-6-4-3-5-16(17)22/h3-8,10,13H,9,11-12H2,1-2H3/t13-/m1/s1. The highest BCUT2D eigenvalue weighted by atomic mass is 19.1. The number of amides is 1. The van der Waals surface area contributed by atoms with Crippen LogP contribution < -0.4 is 14.4 Å². The maximum absolute atomic E-state index is 13.9. The Hall–Kier alpha value is -3.42. The average molecular weight is 401 g/mol. The van der Waals surface area contributed by atoms with Crippen LogP contribution in [0.3, 0.4) is 0 Å². The third-order valence-corrected chi connectivity index (χ3v) is 4.66. The fraction of sp³-hybridized carbons (Fsp3) is 0.286. The summed E-state index contributed by atoms with van der Waals surface area (Å²) in [5, 5.41) is 0. The van der Waals surface area contributed by atoms with Gasteiger partial charge in [-0.2, -0.15) is 0 Å². The van der Waals surface area contributed by atoms with Gasteiger partial charge in [0.15, 0.2) is 6.61 Å². The molecule has 1 atom stereocenters. The van der Waals surface area contributed by atoms with Gasteiger partial charge in [-0.1, -0.05) is 12.1 Å². The Labute approximate surface area is 167 Å². The van der Waals surface area contributed by atoms with Gasteiger partial charge in [-0.15, -0.1) is 0 Å². The summed E-state index contributed by atoms with van der Waals surface area (Å²) in [6.45, 7) is -0.495. The first-order valence-corrected chi connectivity index (χ1v) is 8.91. The van der Waals surface area contributed by atoms with E-state index in [1.807, 2.05) is 0 Å². The number of benzene rings is 2. The molecule has 0 saturated carbocycles. The van der Waals surface area contributed by atoms with E-state index in [-0.39, 0.29) is 30.1 Å². The lowest BCUT2D eigenvalue weighted by Gasteiger charge is -2.17. The lowest BCUT2D eigenvalue weighted by atomic mass is 10.1. The van der Waals surface area contributed by atoms with Gasteiger partial charge in [0, 0.05) is 19.0 Å². The number of halogens is 1. The average Bonchev–Trinajstić information content (AvgIpc) is 3.13. The van der Waals surface area contributed by atoms with Crippen LogP contribution in [0.2, 0.25) is 0 Å². The number of para-hydroxylation sites is 1. The lowest BCUT2D eigenvalue weighted by Crippen LogP contribution is -2.27. The van der Waals surface area contributed by atoms with Crippen LogP contribution in [-0.4, -0.2) is 45.0 Å². The number of methoxy groups -OCH3 is 2. The van der Waals surface area contributed by atoms with Crippen molar-refractivity contribution >= 4 is 23.3 Å². The highest BCUT2D eigenvalue weighted by Gasteiger charge is 2.37. The molecule has 0 aliphatic carbocycles. The Morgan fingerprint density at radius 1 is 1.14 bits per heavy atom. The molecule has 0 radical (unpaired) electrons. The van der Waals surface area contributed by atoms with Crippen molar-refractivity contribution in [3.63, 3.8) is 0 Å². The van der Waals surface area contributed by atoms with Crippen molar-refractivity contribution in [3.05, 3.63) is 53.8 Å². The summed E-state index contributed by atoms with van der Waals surface area (Å²) in [5.74, 6) is -2.00. The monoisotopic (exact) mass is 401 g/mol. The summed E-state index contributed by atoms with van der Waals surface area (Å²) in [7, 11) is 2.91. The van der Waals surface area contributed by atoms with Gasteiger partial charge < -0.3 is 19.1 Å². The van der Waals surface area contributed by atoms with Crippen LogP contribution in [0.4, 0.5) is 10.1 Å². The Morgan fingerprint density at radius 2 is 1.90 bits per heavy atom. The van der Waals surface area contributed by atoms with E-state index in [2.05, 4.69) is 0 Å². The Balaban J connectivity index is 1.62. The van der Waals surface area contributed by atoms with Gasteiger partial charge in [-0.25, -0.2) is 4.39 Å². The SMILES string of the molecule is COc1ccc(C(=O)COC(=O)[C@@H]2CC(=O)N(c3ccccc3F)C2)c(OC)c1. The first kappa shape index (κ1) is 20.3. The number of hydrogen-bond acceptors (Lipinski definition) is 6. The third kappa shape index (κ3) is 4.37. The minimum atomic E-state index is -0.771. The highest BCUT2D eigenvalue weighted by Crippen LogP contribution is 2.28. The van der Waals surface area contributed by atoms with Crippen LogP contribution in [0.5, 0.6) is 11.5 Å². The van der Waals surface area contributed by atoms with E-state index in [1.165, 1.54) is 43.4 Å². The minimum Gasteiger partial charge on any atom is -0.497 e. The van der Waals surface area contributed by atoms with Gasteiger partial charge in [-0.05, 0) is 24.3 Å². The molecule has 7 nitrogen and oxygen atoms in total. The predicted molar refractivity (Wildman–Crippen MR) is 102 cm³/mol. The summed E-state index contributed by atoms with van der Waals surface area (Å²) in [6.07, 6.45) is -0.104. The summed E-state index contributed by atoms with van der Waals surface area (Å²) < 4.78 is 29.3. The largest absolute Gasteiger partial charge is 0.497 e. The molecule has 8 heteroatoms. The molecular weight excluding hydrogens is 381 g/mol. The molecule has 1 heterocycles. The molecule has 0 spiro atoms. The van der Waals surface area contributed by atoms with Crippen molar-refractivity contribution in [2.75, 3.05) is 32.3 Å². The number of Topliss-reactive ketones (excluding diaryl/α,β-unsaturated/α-hetero) is 1. The summed E-state index contributed by atoms with van der Waals surface area (Å²) in [5.41, 5.74) is 0.364. The number of carbonyl (C=O) groups is 3. The normalized spacial score (nSPS) is 15.9. The van der Waals surface area contributed by atoms with Crippen molar-refractivity contribution in [1.29, 1.82) is 0 Å². The van der Waals surface area contributed by atoms with Crippen LogP contribution in [-0.2, 0) is 14.3 Å². The van der Waals surface area contributed by atoms with E-state index in [0.717, 1.165) is 0 Å². The molecule has 2 aromatic rings. The van der Waals surface area contributed by atoms with E-state index in [0.29, 0.717) is 11.5 Å². The molecule has 1 amide bonds. The molecule has 2 aromatic carbocycles. The third-order valence-electron chi connectivity index (χ3n) is 4.66. The van der Waals surface area contributed by atoms with Gasteiger partial charge in [0.05, 0.1) is 31.4 Å². The Kier molecular flexibility index (Phi) is 6.11. The van der Waals surface area contributed by atoms with Crippen molar-refractivity contribution < 1.29 is 33.0 Å². The molecule has 1 aliphatic heterocycles. The number of rotatable bonds is 7. The Morgan fingerprint density at radius 3 is 2.59 bits per heavy atom. The van der Waals surface area contributed by atoms with Crippen molar-refractivity contribution in [3.8, 4) is 11.5 Å². The van der Waals surface area contributed by atoms with E-state index in [9.17, 15) is 18.8 Å². The number of ether oxygens (including phenoxy) is 3. The molecule has 152 valence electrons. The molecule has 0 N–H and O–H groups in total. The zero-order valence-electron chi connectivity index (χ0n) is 16.0. The van der Waals surface area contributed by atoms with Gasteiger partial charge >= 0.3 is 5.97 Å². The number of anilines is 1. The second-order valence-electron chi connectivity index (χ2n) is 6.45. The molecule has 0 aromatic heterocycles. The van der Waals surface area contributed by atoms with Crippen LogP contribution in [0, 0.1) is 11.7 Å². The second-order valence-corrected chi connectivity index (χ2v) is 6.45. The maximum Gasteiger partial charge on any atom is 0.311 e. The number of carbonyl (C=O) groups excluding carboxylic acids is 3. The fourth-order valence-electron chi connectivity index (χ4n) is 3.13. The van der Waals surface area contributed by atoms with E-state index >= 15 is 0 Å². The molecule has 0 bridgehead atoms. The van der Waals surface area contributed by atoms with Crippen molar-refractivity contribution in [2.45, 2.75) is 6.42 Å². The quantitative estimate of drug-likeness (QED) is 0.524. The van der Waals surface area contributed by atoms with Crippen LogP contribution >= 0.6 is 0 Å². The summed E-state index contributed by atoms with van der Waals surface area (Å²) >= 11 is 0. The van der Waals surface area contributed by atoms with Gasteiger partial charge in [0.1, 0.15) is 17.3 Å². The predicted octanol–water partition coefficient (Wildman–Crippen LogP) is 2.62. The highest BCUT2D eigenvalue weighted by molar-refractivity contribution is 6.02. The minimum absolute atomic E-state index is 0.00134. The van der Waals surface area contributed by atoms with Crippen LogP contribution in [0.1, 0.15) is 16.8 Å². The molecule has 1 saturated heterocycles. The van der Waals surface area contributed by atoms with E-state index in [4.69, 9.17) is 14.2 Å². The zero-order chi connectivity index (χ0) is 21.0. The first-order valence-electron chi connectivity index (χ1n) is 8.91. The second kappa shape index (κ2) is 8.72. The fourth-order valence-corrected chi connectivity index (χ4v) is 3.13. The molecule has 1 fully saturated rings. The topological polar surface area (TPSA) is 82.1 Å². The molecule has 3 rings (SSSR count). The van der Waals surface area contributed by atoms with Crippen molar-refractivity contribution in [1.82, 2.24) is 0 Å². The molecule has 29 heavy (non-hydrogen) atoms. The van der Waals surface area contributed by atoms with Gasteiger partial charge in [0.2, 0.25) is 11.7 Å². The van der Waals surface area contributed by atoms with Crippen LogP contribution in [0.15, 0.2) is 42.5 Å². The Bertz CT molecular complexity index is 945. The first-order chi connectivity index (χ1) is 13.9. The van der Waals surface area contributed by atoms with Crippen LogP contribution in [0.25, 0.3) is 0 Å².